The van der Waals surface area contributed by atoms with Crippen LogP contribution in [0.2, 0.25) is 0 Å². The number of aryl methyl sites for hydroxylation is 1. The zero-order valence-corrected chi connectivity index (χ0v) is 10.5. The summed E-state index contributed by atoms with van der Waals surface area (Å²) >= 11 is 1.58. The first-order chi connectivity index (χ1) is 8.19. The molecular weight excluding hydrogens is 238 g/mol. The van der Waals surface area contributed by atoms with Gasteiger partial charge in [0, 0.05) is 17.3 Å². The van der Waals surface area contributed by atoms with Crippen LogP contribution in [0.25, 0.3) is 0 Å². The minimum absolute atomic E-state index is 0.339. The molecule has 0 fully saturated rings. The van der Waals surface area contributed by atoms with Crippen LogP contribution in [0.15, 0.2) is 17.8 Å². The average Bonchev–Trinajstić information content (AvgIpc) is 2.89. The Bertz CT molecular complexity index is 518. The largest absolute Gasteiger partial charge is 0.462 e. The van der Waals surface area contributed by atoms with E-state index < -0.39 is 0 Å². The Hall–Kier alpha value is -1.69. The molecule has 17 heavy (non-hydrogen) atoms. The van der Waals surface area contributed by atoms with Crippen LogP contribution in [0.4, 0.5) is 0 Å². The smallest absolute Gasteiger partial charge is 0.341 e. The lowest BCUT2D eigenvalue weighted by Crippen LogP contribution is -2.03. The maximum absolute atomic E-state index is 11.4. The molecule has 6 heteroatoms. The van der Waals surface area contributed by atoms with Crippen molar-refractivity contribution in [3.05, 3.63) is 34.0 Å². The fourth-order valence-corrected chi connectivity index (χ4v) is 2.15. The summed E-state index contributed by atoms with van der Waals surface area (Å²) in [5.74, 6) is -0.339. The van der Waals surface area contributed by atoms with Crippen LogP contribution in [0.3, 0.4) is 0 Å². The first-order valence-electron chi connectivity index (χ1n) is 5.29. The summed E-state index contributed by atoms with van der Waals surface area (Å²) in [7, 11) is 0. The summed E-state index contributed by atoms with van der Waals surface area (Å²) in [5, 5.41) is 7.07. The van der Waals surface area contributed by atoms with Crippen LogP contribution in [-0.4, -0.2) is 27.3 Å². The van der Waals surface area contributed by atoms with Crippen molar-refractivity contribution in [1.82, 2.24) is 14.8 Å². The molecule has 2 aromatic heterocycles. The molecular formula is C11H13N3O2S. The molecule has 0 aliphatic carbocycles. The Labute approximate surface area is 103 Å². The predicted molar refractivity (Wildman–Crippen MR) is 64.1 cm³/mol. The first-order valence-corrected chi connectivity index (χ1v) is 6.17. The van der Waals surface area contributed by atoms with Gasteiger partial charge >= 0.3 is 5.97 Å². The number of carbonyl (C=O) groups excluding carboxylic acids is 1. The minimum atomic E-state index is -0.339. The molecule has 0 bridgehead atoms. The normalized spacial score (nSPS) is 10.5. The van der Waals surface area contributed by atoms with Crippen molar-refractivity contribution >= 4 is 17.3 Å². The number of hydrogen-bond donors (Lipinski definition) is 0. The van der Waals surface area contributed by atoms with Gasteiger partial charge < -0.3 is 4.74 Å². The molecule has 90 valence electrons. The fraction of sp³-hybridized carbons (Fsp3) is 0.364. The van der Waals surface area contributed by atoms with Crippen LogP contribution < -0.4 is 0 Å². The van der Waals surface area contributed by atoms with Crippen molar-refractivity contribution in [2.45, 2.75) is 20.4 Å². The van der Waals surface area contributed by atoms with Crippen molar-refractivity contribution in [2.75, 3.05) is 6.61 Å². The van der Waals surface area contributed by atoms with E-state index in [4.69, 9.17) is 4.74 Å². The topological polar surface area (TPSA) is 57.0 Å². The van der Waals surface area contributed by atoms with Gasteiger partial charge in [0.25, 0.3) is 0 Å². The lowest BCUT2D eigenvalue weighted by molar-refractivity contribution is 0.0526. The number of thiazole rings is 1. The van der Waals surface area contributed by atoms with Gasteiger partial charge in [-0.2, -0.15) is 5.10 Å². The summed E-state index contributed by atoms with van der Waals surface area (Å²) in [4.78, 5) is 15.8. The van der Waals surface area contributed by atoms with Crippen molar-refractivity contribution in [3.8, 4) is 0 Å². The molecule has 0 amide bonds. The van der Waals surface area contributed by atoms with E-state index >= 15 is 0 Å². The fourth-order valence-electron chi connectivity index (χ4n) is 1.38. The summed E-state index contributed by atoms with van der Waals surface area (Å²) < 4.78 is 6.58. The Balaban J connectivity index is 2.06. The van der Waals surface area contributed by atoms with Crippen molar-refractivity contribution in [2.24, 2.45) is 0 Å². The van der Waals surface area contributed by atoms with Crippen LogP contribution in [0.1, 0.15) is 28.0 Å². The zero-order valence-electron chi connectivity index (χ0n) is 9.71. The Morgan fingerprint density at radius 1 is 1.59 bits per heavy atom. The first kappa shape index (κ1) is 11.8. The molecule has 0 unspecified atom stereocenters. The molecule has 2 heterocycles. The molecule has 0 N–H and O–H groups in total. The maximum atomic E-state index is 11.4. The Morgan fingerprint density at radius 3 is 3.06 bits per heavy atom. The van der Waals surface area contributed by atoms with Crippen molar-refractivity contribution in [1.29, 1.82) is 0 Å². The molecule has 0 aliphatic rings. The van der Waals surface area contributed by atoms with Gasteiger partial charge in [0.15, 0.2) is 0 Å². The molecule has 5 nitrogen and oxygen atoms in total. The highest BCUT2D eigenvalue weighted by atomic mass is 32.1. The maximum Gasteiger partial charge on any atom is 0.341 e. The van der Waals surface area contributed by atoms with Gasteiger partial charge in [0.05, 0.1) is 24.9 Å². The highest BCUT2D eigenvalue weighted by Crippen LogP contribution is 2.10. The summed E-state index contributed by atoms with van der Waals surface area (Å²) in [6.45, 7) is 4.68. The van der Waals surface area contributed by atoms with E-state index in [2.05, 4.69) is 10.1 Å². The second kappa shape index (κ2) is 5.09. The molecule has 0 aliphatic heterocycles. The highest BCUT2D eigenvalue weighted by molar-refractivity contribution is 7.09. The van der Waals surface area contributed by atoms with E-state index in [1.165, 1.54) is 6.20 Å². The lowest BCUT2D eigenvalue weighted by Gasteiger charge is -1.97. The van der Waals surface area contributed by atoms with Gasteiger partial charge in [-0.05, 0) is 13.8 Å². The summed E-state index contributed by atoms with van der Waals surface area (Å²) in [6, 6.07) is 0. The van der Waals surface area contributed by atoms with E-state index in [0.717, 1.165) is 10.7 Å². The van der Waals surface area contributed by atoms with Crippen LogP contribution in [0, 0.1) is 6.92 Å². The average molecular weight is 251 g/mol. The van der Waals surface area contributed by atoms with Crippen LogP contribution >= 0.6 is 11.3 Å². The zero-order chi connectivity index (χ0) is 12.3. The Kier molecular flexibility index (Phi) is 3.53. The molecule has 0 saturated heterocycles. The number of esters is 1. The standard InChI is InChI=1S/C11H13N3O2S/c1-3-16-11(15)9-4-12-14(5-9)6-10-13-8(2)7-17-10/h4-5,7H,3,6H2,1-2H3. The van der Waals surface area contributed by atoms with E-state index in [-0.39, 0.29) is 5.97 Å². The number of ether oxygens (including phenoxy) is 1. The number of aromatic nitrogens is 3. The third-order valence-electron chi connectivity index (χ3n) is 2.11. The molecule has 0 radical (unpaired) electrons. The molecule has 2 rings (SSSR count). The van der Waals surface area contributed by atoms with Gasteiger partial charge in [-0.25, -0.2) is 9.78 Å². The third kappa shape index (κ3) is 2.91. The van der Waals surface area contributed by atoms with Crippen molar-refractivity contribution < 1.29 is 9.53 Å². The van der Waals surface area contributed by atoms with E-state index in [1.807, 2.05) is 12.3 Å². The van der Waals surface area contributed by atoms with Crippen molar-refractivity contribution in [3.63, 3.8) is 0 Å². The molecule has 0 atom stereocenters. The van der Waals surface area contributed by atoms with E-state index in [9.17, 15) is 4.79 Å². The predicted octanol–water partition coefficient (Wildman–Crippen LogP) is 1.87. The van der Waals surface area contributed by atoms with Gasteiger partial charge in [-0.15, -0.1) is 11.3 Å². The molecule has 2 aromatic rings. The quantitative estimate of drug-likeness (QED) is 0.778. The summed E-state index contributed by atoms with van der Waals surface area (Å²) in [6.07, 6.45) is 3.19. The van der Waals surface area contributed by atoms with Gasteiger partial charge in [-0.1, -0.05) is 0 Å². The number of rotatable bonds is 4. The number of nitrogens with zero attached hydrogens (tertiary/aromatic N) is 3. The Morgan fingerprint density at radius 2 is 2.41 bits per heavy atom. The minimum Gasteiger partial charge on any atom is -0.462 e. The number of hydrogen-bond acceptors (Lipinski definition) is 5. The lowest BCUT2D eigenvalue weighted by atomic mass is 10.4. The second-order valence-electron chi connectivity index (χ2n) is 3.53. The van der Waals surface area contributed by atoms with Gasteiger partial charge in [-0.3, -0.25) is 4.68 Å². The monoisotopic (exact) mass is 251 g/mol. The van der Waals surface area contributed by atoms with Gasteiger partial charge in [0.2, 0.25) is 0 Å². The molecule has 0 aromatic carbocycles. The molecule has 0 spiro atoms. The number of carbonyl (C=O) groups is 1. The van der Waals surface area contributed by atoms with E-state index in [1.54, 1.807) is 29.1 Å². The summed E-state index contributed by atoms with van der Waals surface area (Å²) in [5.41, 5.74) is 1.47. The van der Waals surface area contributed by atoms with Gasteiger partial charge in [0.1, 0.15) is 5.01 Å². The van der Waals surface area contributed by atoms with Crippen LogP contribution in [-0.2, 0) is 11.3 Å². The SMILES string of the molecule is CCOC(=O)c1cnn(Cc2nc(C)cs2)c1. The van der Waals surface area contributed by atoms with E-state index in [0.29, 0.717) is 18.7 Å². The van der Waals surface area contributed by atoms with Crippen LogP contribution in [0.5, 0.6) is 0 Å². The highest BCUT2D eigenvalue weighted by Gasteiger charge is 2.10. The third-order valence-corrected chi connectivity index (χ3v) is 3.06. The second-order valence-corrected chi connectivity index (χ2v) is 4.47. The molecule has 0 saturated carbocycles.